The van der Waals surface area contributed by atoms with Gasteiger partial charge in [0.15, 0.2) is 0 Å². The van der Waals surface area contributed by atoms with Gasteiger partial charge in [0, 0.05) is 12.1 Å². The molecule has 0 fully saturated rings. The van der Waals surface area contributed by atoms with Crippen LogP contribution in [0.5, 0.6) is 11.5 Å². The van der Waals surface area contributed by atoms with Crippen molar-refractivity contribution in [3.8, 4) is 11.5 Å². The van der Waals surface area contributed by atoms with Gasteiger partial charge in [-0.05, 0) is 51.8 Å². The molecule has 2 aromatic carbocycles. The standard InChI is InChI=1S/C15H15BrFNO2/c1-19-14-4-2-10(6-11(14)8-18)9-20-15-5-3-12(17)7-13(15)16/h2-7H,8-9,18H2,1H3. The maximum Gasteiger partial charge on any atom is 0.134 e. The zero-order valence-corrected chi connectivity index (χ0v) is 12.6. The normalized spacial score (nSPS) is 10.4. The summed E-state index contributed by atoms with van der Waals surface area (Å²) in [5.74, 6) is 1.05. The Balaban J connectivity index is 2.10. The van der Waals surface area contributed by atoms with E-state index in [2.05, 4.69) is 15.9 Å². The molecule has 0 aliphatic heterocycles. The average molecular weight is 340 g/mol. The van der Waals surface area contributed by atoms with Crippen LogP contribution >= 0.6 is 15.9 Å². The molecule has 0 heterocycles. The molecule has 0 bridgehead atoms. The van der Waals surface area contributed by atoms with Gasteiger partial charge in [0.2, 0.25) is 0 Å². The van der Waals surface area contributed by atoms with Crippen molar-refractivity contribution in [1.82, 2.24) is 0 Å². The van der Waals surface area contributed by atoms with E-state index in [4.69, 9.17) is 15.2 Å². The fraction of sp³-hybridized carbons (Fsp3) is 0.200. The minimum atomic E-state index is -0.306. The van der Waals surface area contributed by atoms with Crippen LogP contribution in [0.3, 0.4) is 0 Å². The van der Waals surface area contributed by atoms with Crippen LogP contribution in [0.25, 0.3) is 0 Å². The van der Waals surface area contributed by atoms with Gasteiger partial charge >= 0.3 is 0 Å². The number of hydrogen-bond donors (Lipinski definition) is 1. The third kappa shape index (κ3) is 3.49. The third-order valence-corrected chi connectivity index (χ3v) is 3.47. The summed E-state index contributed by atoms with van der Waals surface area (Å²) in [6.45, 7) is 0.776. The van der Waals surface area contributed by atoms with Crippen molar-refractivity contribution in [3.05, 3.63) is 57.8 Å². The average Bonchev–Trinajstić information content (AvgIpc) is 2.46. The molecular formula is C15H15BrFNO2. The molecular weight excluding hydrogens is 325 g/mol. The topological polar surface area (TPSA) is 44.5 Å². The van der Waals surface area contributed by atoms with Gasteiger partial charge in [0.25, 0.3) is 0 Å². The minimum Gasteiger partial charge on any atom is -0.496 e. The molecule has 0 aromatic heterocycles. The molecule has 5 heteroatoms. The van der Waals surface area contributed by atoms with Crippen molar-refractivity contribution in [3.63, 3.8) is 0 Å². The summed E-state index contributed by atoms with van der Waals surface area (Å²) < 4.78 is 24.4. The van der Waals surface area contributed by atoms with E-state index >= 15 is 0 Å². The minimum absolute atomic E-state index is 0.306. The maximum atomic E-state index is 13.0. The van der Waals surface area contributed by atoms with E-state index in [0.717, 1.165) is 16.9 Å². The molecule has 0 aliphatic rings. The molecule has 106 valence electrons. The Kier molecular flexibility index (Phi) is 4.98. The van der Waals surface area contributed by atoms with E-state index in [1.165, 1.54) is 12.1 Å². The molecule has 0 unspecified atom stereocenters. The van der Waals surface area contributed by atoms with Crippen LogP contribution in [0.15, 0.2) is 40.9 Å². The first-order chi connectivity index (χ1) is 9.63. The number of hydrogen-bond acceptors (Lipinski definition) is 3. The SMILES string of the molecule is COc1ccc(COc2ccc(F)cc2Br)cc1CN. The number of benzene rings is 2. The van der Waals surface area contributed by atoms with E-state index in [9.17, 15) is 4.39 Å². The Bertz CT molecular complexity index is 604. The van der Waals surface area contributed by atoms with E-state index in [-0.39, 0.29) is 5.82 Å². The molecule has 20 heavy (non-hydrogen) atoms. The lowest BCUT2D eigenvalue weighted by Gasteiger charge is -2.11. The molecule has 0 saturated heterocycles. The number of methoxy groups -OCH3 is 1. The molecule has 0 aliphatic carbocycles. The van der Waals surface area contributed by atoms with Crippen molar-refractivity contribution in [2.75, 3.05) is 7.11 Å². The summed E-state index contributed by atoms with van der Waals surface area (Å²) in [4.78, 5) is 0. The lowest BCUT2D eigenvalue weighted by Crippen LogP contribution is -2.03. The molecule has 0 amide bonds. The Morgan fingerprint density at radius 3 is 2.55 bits per heavy atom. The fourth-order valence-corrected chi connectivity index (χ4v) is 2.30. The second-order valence-corrected chi connectivity index (χ2v) is 5.07. The highest BCUT2D eigenvalue weighted by atomic mass is 79.9. The monoisotopic (exact) mass is 339 g/mol. The summed E-state index contributed by atoms with van der Waals surface area (Å²) in [5.41, 5.74) is 7.57. The van der Waals surface area contributed by atoms with Crippen molar-refractivity contribution >= 4 is 15.9 Å². The van der Waals surface area contributed by atoms with Gasteiger partial charge in [0.1, 0.15) is 23.9 Å². The van der Waals surface area contributed by atoms with Crippen LogP contribution in [0.1, 0.15) is 11.1 Å². The molecule has 2 N–H and O–H groups in total. The van der Waals surface area contributed by atoms with Crippen LogP contribution in [-0.4, -0.2) is 7.11 Å². The molecule has 0 atom stereocenters. The first kappa shape index (κ1) is 14.8. The molecule has 2 aromatic rings. The predicted molar refractivity (Wildman–Crippen MR) is 79.3 cm³/mol. The molecule has 0 spiro atoms. The van der Waals surface area contributed by atoms with Crippen LogP contribution < -0.4 is 15.2 Å². The second-order valence-electron chi connectivity index (χ2n) is 4.21. The Labute approximate surface area is 125 Å². The Morgan fingerprint density at radius 1 is 1.15 bits per heavy atom. The molecule has 0 saturated carbocycles. The van der Waals surface area contributed by atoms with Gasteiger partial charge in [0.05, 0.1) is 11.6 Å². The number of ether oxygens (including phenoxy) is 2. The zero-order chi connectivity index (χ0) is 14.5. The molecule has 2 rings (SSSR count). The fourth-order valence-electron chi connectivity index (χ4n) is 1.83. The van der Waals surface area contributed by atoms with Crippen molar-refractivity contribution in [2.45, 2.75) is 13.2 Å². The van der Waals surface area contributed by atoms with Gasteiger partial charge in [-0.1, -0.05) is 6.07 Å². The summed E-state index contributed by atoms with van der Waals surface area (Å²) in [6, 6.07) is 10.0. The first-order valence-electron chi connectivity index (χ1n) is 6.07. The summed E-state index contributed by atoms with van der Waals surface area (Å²) >= 11 is 3.27. The van der Waals surface area contributed by atoms with E-state index in [1.54, 1.807) is 13.2 Å². The van der Waals surface area contributed by atoms with Crippen LogP contribution in [0.2, 0.25) is 0 Å². The van der Waals surface area contributed by atoms with Gasteiger partial charge < -0.3 is 15.2 Å². The first-order valence-corrected chi connectivity index (χ1v) is 6.87. The smallest absolute Gasteiger partial charge is 0.134 e. The predicted octanol–water partition coefficient (Wildman–Crippen LogP) is 3.63. The van der Waals surface area contributed by atoms with Gasteiger partial charge in [-0.25, -0.2) is 4.39 Å². The van der Waals surface area contributed by atoms with Crippen molar-refractivity contribution < 1.29 is 13.9 Å². The van der Waals surface area contributed by atoms with E-state index in [0.29, 0.717) is 23.4 Å². The van der Waals surface area contributed by atoms with Crippen LogP contribution in [-0.2, 0) is 13.2 Å². The van der Waals surface area contributed by atoms with Gasteiger partial charge in [-0.2, -0.15) is 0 Å². The third-order valence-electron chi connectivity index (χ3n) is 2.85. The summed E-state index contributed by atoms with van der Waals surface area (Å²) in [7, 11) is 1.61. The largest absolute Gasteiger partial charge is 0.496 e. The molecule has 3 nitrogen and oxygen atoms in total. The van der Waals surface area contributed by atoms with Gasteiger partial charge in [-0.15, -0.1) is 0 Å². The maximum absolute atomic E-state index is 13.0. The quantitative estimate of drug-likeness (QED) is 0.904. The highest BCUT2D eigenvalue weighted by molar-refractivity contribution is 9.10. The number of halogens is 2. The lowest BCUT2D eigenvalue weighted by atomic mass is 10.1. The molecule has 0 radical (unpaired) electrons. The number of rotatable bonds is 5. The van der Waals surface area contributed by atoms with Crippen LogP contribution in [0.4, 0.5) is 4.39 Å². The summed E-state index contributed by atoms with van der Waals surface area (Å²) in [6.07, 6.45) is 0. The lowest BCUT2D eigenvalue weighted by molar-refractivity contribution is 0.303. The van der Waals surface area contributed by atoms with Gasteiger partial charge in [-0.3, -0.25) is 0 Å². The van der Waals surface area contributed by atoms with E-state index in [1.807, 2.05) is 18.2 Å². The highest BCUT2D eigenvalue weighted by Crippen LogP contribution is 2.27. The summed E-state index contributed by atoms with van der Waals surface area (Å²) in [5, 5.41) is 0. The Morgan fingerprint density at radius 2 is 1.90 bits per heavy atom. The highest BCUT2D eigenvalue weighted by Gasteiger charge is 2.06. The second kappa shape index (κ2) is 6.72. The van der Waals surface area contributed by atoms with Crippen LogP contribution in [0, 0.1) is 5.82 Å². The van der Waals surface area contributed by atoms with Crippen molar-refractivity contribution in [2.24, 2.45) is 5.73 Å². The zero-order valence-electron chi connectivity index (χ0n) is 11.0. The Hall–Kier alpha value is -1.59. The van der Waals surface area contributed by atoms with Crippen molar-refractivity contribution in [1.29, 1.82) is 0 Å². The van der Waals surface area contributed by atoms with E-state index < -0.39 is 0 Å². The number of nitrogens with two attached hydrogens (primary N) is 1.